The van der Waals surface area contributed by atoms with Crippen LogP contribution in [0, 0.1) is 5.92 Å². The van der Waals surface area contributed by atoms with Gasteiger partial charge in [0.15, 0.2) is 6.39 Å². The molecule has 1 saturated heterocycles. The van der Waals surface area contributed by atoms with Crippen LogP contribution < -0.4 is 10.6 Å². The molecular weight excluding hydrogens is 378 g/mol. The third-order valence-electron chi connectivity index (χ3n) is 5.70. The number of carbonyl (C=O) groups is 2. The van der Waals surface area contributed by atoms with Gasteiger partial charge in [-0.2, -0.15) is 0 Å². The molecule has 1 aromatic carbocycles. The van der Waals surface area contributed by atoms with E-state index in [0.717, 1.165) is 50.8 Å². The lowest BCUT2D eigenvalue weighted by Gasteiger charge is -2.33. The first-order valence-electron chi connectivity index (χ1n) is 10.7. The molecule has 9 heteroatoms. The molecule has 1 aliphatic rings. The minimum absolute atomic E-state index is 0.135. The van der Waals surface area contributed by atoms with Crippen LogP contribution >= 0.6 is 0 Å². The molecule has 0 spiro atoms. The average molecular weight is 408 g/mol. The van der Waals surface area contributed by atoms with E-state index in [9.17, 15) is 9.59 Å². The lowest BCUT2D eigenvalue weighted by atomic mass is 9.59. The molecule has 0 atom stereocenters. The maximum Gasteiger partial charge on any atom is 0.314 e. The number of hydrogen-bond acceptors (Lipinski definition) is 4. The van der Waals surface area contributed by atoms with Crippen LogP contribution in [0.3, 0.4) is 0 Å². The van der Waals surface area contributed by atoms with Gasteiger partial charge >= 0.3 is 6.03 Å². The van der Waals surface area contributed by atoms with E-state index in [2.05, 4.69) is 15.6 Å². The van der Waals surface area contributed by atoms with Crippen molar-refractivity contribution >= 4 is 27.6 Å². The van der Waals surface area contributed by atoms with Crippen LogP contribution in [0.15, 0.2) is 47.3 Å². The SMILES string of the molecule is BC(B)(CCCC1CCN(C(=O)c2ccccc2)CC1)NC(=O)NCc1cnco1. The predicted molar refractivity (Wildman–Crippen MR) is 121 cm³/mol. The Morgan fingerprint density at radius 3 is 2.60 bits per heavy atom. The van der Waals surface area contributed by atoms with Gasteiger partial charge in [0, 0.05) is 18.7 Å². The van der Waals surface area contributed by atoms with Gasteiger partial charge in [0.1, 0.15) is 21.5 Å². The van der Waals surface area contributed by atoms with Gasteiger partial charge in [0.25, 0.3) is 5.91 Å². The van der Waals surface area contributed by atoms with Crippen molar-refractivity contribution in [2.75, 3.05) is 13.1 Å². The number of amides is 3. The Morgan fingerprint density at radius 1 is 1.20 bits per heavy atom. The average Bonchev–Trinajstić information content (AvgIpc) is 3.26. The summed E-state index contributed by atoms with van der Waals surface area (Å²) in [5, 5.41) is 5.54. The molecule has 0 saturated carbocycles. The number of hydrogen-bond donors (Lipinski definition) is 2. The van der Waals surface area contributed by atoms with Gasteiger partial charge in [-0.25, -0.2) is 9.78 Å². The van der Waals surface area contributed by atoms with Crippen LogP contribution in [-0.4, -0.2) is 55.9 Å². The summed E-state index contributed by atoms with van der Waals surface area (Å²) in [7, 11) is 4.09. The van der Waals surface area contributed by atoms with Crippen molar-refractivity contribution in [3.05, 3.63) is 54.2 Å². The summed E-state index contributed by atoms with van der Waals surface area (Å²) < 4.78 is 5.12. The highest BCUT2D eigenvalue weighted by atomic mass is 16.3. The van der Waals surface area contributed by atoms with Gasteiger partial charge < -0.3 is 20.0 Å². The maximum absolute atomic E-state index is 12.6. The van der Waals surface area contributed by atoms with E-state index in [1.165, 1.54) is 6.39 Å². The molecular formula is C21H30B2N4O3. The molecule has 1 aliphatic heterocycles. The van der Waals surface area contributed by atoms with Crippen LogP contribution in [0.5, 0.6) is 0 Å². The molecule has 1 aromatic heterocycles. The van der Waals surface area contributed by atoms with E-state index in [0.29, 0.717) is 18.2 Å². The summed E-state index contributed by atoms with van der Waals surface area (Å²) in [5.74, 6) is 1.40. The van der Waals surface area contributed by atoms with E-state index in [-0.39, 0.29) is 17.3 Å². The zero-order valence-corrected chi connectivity index (χ0v) is 17.9. The fraction of sp³-hybridized carbons (Fsp3) is 0.476. The van der Waals surface area contributed by atoms with Crippen molar-refractivity contribution in [3.63, 3.8) is 0 Å². The molecule has 158 valence electrons. The van der Waals surface area contributed by atoms with Crippen LogP contribution in [-0.2, 0) is 6.54 Å². The molecule has 3 amide bonds. The standard InChI is InChI=1S/C21H30B2N4O3/c22-21(23,26-20(29)25-14-18-13-24-15-30-18)10-4-5-16-8-11-27(12-9-16)19(28)17-6-2-1-3-7-17/h1-3,6-7,13,15-16H,4-5,8-12,14,22-23H2,(H2,25,26,29). The van der Waals surface area contributed by atoms with Crippen molar-refractivity contribution in [2.45, 2.75) is 44.0 Å². The lowest BCUT2D eigenvalue weighted by molar-refractivity contribution is 0.0685. The molecule has 0 bridgehead atoms. The quantitative estimate of drug-likeness (QED) is 0.641. The van der Waals surface area contributed by atoms with E-state index >= 15 is 0 Å². The number of rotatable bonds is 8. The third-order valence-corrected chi connectivity index (χ3v) is 5.70. The highest BCUT2D eigenvalue weighted by Crippen LogP contribution is 2.24. The van der Waals surface area contributed by atoms with Crippen molar-refractivity contribution in [1.29, 1.82) is 0 Å². The summed E-state index contributed by atoms with van der Waals surface area (Å²) in [5.41, 5.74) is 0.769. The normalized spacial score (nSPS) is 15.0. The predicted octanol–water partition coefficient (Wildman–Crippen LogP) is 1.12. The molecule has 0 radical (unpaired) electrons. The number of aromatic nitrogens is 1. The Hall–Kier alpha value is -2.70. The zero-order valence-electron chi connectivity index (χ0n) is 17.9. The number of benzene rings is 1. The van der Waals surface area contributed by atoms with Gasteiger partial charge in [-0.05, 0) is 42.7 Å². The van der Waals surface area contributed by atoms with Crippen molar-refractivity contribution in [3.8, 4) is 0 Å². The van der Waals surface area contributed by atoms with Gasteiger partial charge in [-0.1, -0.05) is 31.0 Å². The Bertz CT molecular complexity index is 807. The molecule has 7 nitrogen and oxygen atoms in total. The first kappa shape index (κ1) is 22.0. The number of piperidine rings is 1. The minimum atomic E-state index is -0.282. The Labute approximate surface area is 179 Å². The Balaban J connectivity index is 1.33. The third kappa shape index (κ3) is 6.68. The number of urea groups is 1. The highest BCUT2D eigenvalue weighted by molar-refractivity contribution is 6.40. The van der Waals surface area contributed by atoms with Gasteiger partial charge in [0.05, 0.1) is 12.7 Å². The second-order valence-corrected chi connectivity index (χ2v) is 8.65. The number of oxazole rings is 1. The number of likely N-dealkylation sites (tertiary alicyclic amines) is 1. The van der Waals surface area contributed by atoms with Crippen molar-refractivity contribution in [1.82, 2.24) is 20.5 Å². The molecule has 2 N–H and O–H groups in total. The highest BCUT2D eigenvalue weighted by Gasteiger charge is 2.25. The maximum atomic E-state index is 12.6. The fourth-order valence-corrected chi connectivity index (χ4v) is 3.93. The topological polar surface area (TPSA) is 87.5 Å². The number of nitrogens with one attached hydrogen (secondary N) is 2. The smallest absolute Gasteiger partial charge is 0.314 e. The summed E-state index contributed by atoms with van der Waals surface area (Å²) in [6.45, 7) is 1.97. The largest absolute Gasteiger partial charge is 0.447 e. The monoisotopic (exact) mass is 408 g/mol. The van der Waals surface area contributed by atoms with E-state index in [4.69, 9.17) is 4.42 Å². The molecule has 30 heavy (non-hydrogen) atoms. The first-order valence-corrected chi connectivity index (χ1v) is 10.7. The lowest BCUT2D eigenvalue weighted by Crippen LogP contribution is -2.53. The van der Waals surface area contributed by atoms with E-state index < -0.39 is 0 Å². The van der Waals surface area contributed by atoms with Crippen LogP contribution in [0.1, 0.15) is 48.2 Å². The van der Waals surface area contributed by atoms with Gasteiger partial charge in [0.2, 0.25) is 0 Å². The van der Waals surface area contributed by atoms with E-state index in [1.807, 2.05) is 50.9 Å². The van der Waals surface area contributed by atoms with E-state index in [1.54, 1.807) is 6.20 Å². The zero-order chi connectivity index (χ0) is 21.4. The molecule has 3 rings (SSSR count). The van der Waals surface area contributed by atoms with Gasteiger partial charge in [-0.3, -0.25) is 4.79 Å². The minimum Gasteiger partial charge on any atom is -0.447 e. The second kappa shape index (κ2) is 10.4. The van der Waals surface area contributed by atoms with Crippen LogP contribution in [0.25, 0.3) is 0 Å². The summed E-state index contributed by atoms with van der Waals surface area (Å²) in [4.78, 5) is 30.5. The molecule has 1 fully saturated rings. The Kier molecular flexibility index (Phi) is 7.60. The van der Waals surface area contributed by atoms with Crippen molar-refractivity contribution in [2.24, 2.45) is 5.92 Å². The summed E-state index contributed by atoms with van der Waals surface area (Å²) in [6.07, 6.45) is 8.11. The molecule has 0 aliphatic carbocycles. The number of carbonyl (C=O) groups excluding carboxylic acids is 2. The molecule has 2 heterocycles. The number of nitrogens with zero attached hydrogens (tertiary/aromatic N) is 2. The Morgan fingerprint density at radius 2 is 1.93 bits per heavy atom. The molecule has 2 aromatic rings. The summed E-state index contributed by atoms with van der Waals surface area (Å²) >= 11 is 0. The van der Waals surface area contributed by atoms with Gasteiger partial charge in [-0.15, -0.1) is 0 Å². The summed E-state index contributed by atoms with van der Waals surface area (Å²) in [6, 6.07) is 9.30. The molecule has 0 unspecified atom stereocenters. The van der Waals surface area contributed by atoms with Crippen molar-refractivity contribution < 1.29 is 14.0 Å². The fourth-order valence-electron chi connectivity index (χ4n) is 3.93. The first-order chi connectivity index (χ1) is 14.4. The van der Waals surface area contributed by atoms with Crippen LogP contribution in [0.2, 0.25) is 0 Å². The van der Waals surface area contributed by atoms with Crippen LogP contribution in [0.4, 0.5) is 4.79 Å². The second-order valence-electron chi connectivity index (χ2n) is 8.65.